The first-order valence-corrected chi connectivity index (χ1v) is 19.4. The quantitative estimate of drug-likeness (QED) is 0.0666. The Hall–Kier alpha value is -5.28. The van der Waals surface area contributed by atoms with Gasteiger partial charge in [0.2, 0.25) is 0 Å². The van der Waals surface area contributed by atoms with Crippen LogP contribution in [0.1, 0.15) is 83.0 Å². The predicted octanol–water partition coefficient (Wildman–Crippen LogP) is 11.2. The zero-order valence-corrected chi connectivity index (χ0v) is 33.2. The summed E-state index contributed by atoms with van der Waals surface area (Å²) >= 11 is 0. The number of benzene rings is 3. The fourth-order valence-corrected chi connectivity index (χ4v) is 6.69. The summed E-state index contributed by atoms with van der Waals surface area (Å²) in [5.41, 5.74) is 10.5. The third kappa shape index (κ3) is 11.4. The van der Waals surface area contributed by atoms with Gasteiger partial charge >= 0.3 is 0 Å². The lowest BCUT2D eigenvalue weighted by Gasteiger charge is -2.20. The Balaban J connectivity index is 1.20. The molecule has 3 aromatic heterocycles. The Labute approximate surface area is 324 Å². The lowest BCUT2D eigenvalue weighted by Crippen LogP contribution is -2.08. The molecule has 0 aliphatic heterocycles. The van der Waals surface area contributed by atoms with E-state index in [0.29, 0.717) is 33.0 Å². The Morgan fingerprint density at radius 2 is 1.09 bits per heavy atom. The smallest absolute Gasteiger partial charge is 0.134 e. The molecule has 0 spiro atoms. The summed E-state index contributed by atoms with van der Waals surface area (Å²) < 4.78 is 41.3. The molecule has 6 rings (SSSR count). The first-order chi connectivity index (χ1) is 26.7. The van der Waals surface area contributed by atoms with Gasteiger partial charge in [-0.3, -0.25) is 0 Å². The molecule has 0 aliphatic carbocycles. The number of unbranched alkanes of at least 4 members (excludes halogenated alkanes) is 3. The van der Waals surface area contributed by atoms with E-state index in [1.807, 2.05) is 39.2 Å². The fraction of sp³-hybridized carbons (Fsp3) is 0.391. The molecule has 0 amide bonds. The van der Waals surface area contributed by atoms with Crippen molar-refractivity contribution in [1.82, 2.24) is 10.3 Å². The summed E-state index contributed by atoms with van der Waals surface area (Å²) in [5, 5.41) is 8.16. The molecular formula is C46H54N2O7. The number of aryl methyl sites for hydroxylation is 8. The highest BCUT2D eigenvalue weighted by Crippen LogP contribution is 2.43. The summed E-state index contributed by atoms with van der Waals surface area (Å²) in [6, 6.07) is 23.1. The average Bonchev–Trinajstić information content (AvgIpc) is 3.91. The minimum absolute atomic E-state index is 0.354. The van der Waals surface area contributed by atoms with Crippen LogP contribution in [0.25, 0.3) is 22.3 Å². The highest BCUT2D eigenvalue weighted by molar-refractivity contribution is 5.83. The number of rotatable bonds is 21. The minimum atomic E-state index is 0.354. The van der Waals surface area contributed by atoms with E-state index >= 15 is 0 Å². The van der Waals surface area contributed by atoms with Gasteiger partial charge in [-0.1, -0.05) is 33.6 Å². The van der Waals surface area contributed by atoms with Crippen LogP contribution in [-0.2, 0) is 24.2 Å². The second kappa shape index (κ2) is 19.4. The predicted molar refractivity (Wildman–Crippen MR) is 214 cm³/mol. The second-order valence-electron chi connectivity index (χ2n) is 14.5. The van der Waals surface area contributed by atoms with Crippen LogP contribution in [0.4, 0.5) is 0 Å². The molecule has 290 valence electrons. The Bertz CT molecular complexity index is 2120. The van der Waals surface area contributed by atoms with Crippen molar-refractivity contribution in [2.75, 3.05) is 26.4 Å². The molecule has 0 atom stereocenters. The van der Waals surface area contributed by atoms with Crippen LogP contribution in [0.15, 0.2) is 86.5 Å². The van der Waals surface area contributed by atoms with E-state index in [-0.39, 0.29) is 0 Å². The van der Waals surface area contributed by atoms with Crippen molar-refractivity contribution >= 4 is 0 Å². The van der Waals surface area contributed by atoms with E-state index in [0.717, 1.165) is 130 Å². The maximum Gasteiger partial charge on any atom is 0.134 e. The van der Waals surface area contributed by atoms with Crippen LogP contribution in [-0.4, -0.2) is 36.7 Å². The van der Waals surface area contributed by atoms with Crippen molar-refractivity contribution in [2.45, 2.75) is 93.1 Å². The number of furan rings is 1. The molecule has 0 bridgehead atoms. The van der Waals surface area contributed by atoms with Gasteiger partial charge in [0.1, 0.15) is 46.8 Å². The highest BCUT2D eigenvalue weighted by Gasteiger charge is 2.19. The van der Waals surface area contributed by atoms with Crippen LogP contribution in [0.3, 0.4) is 0 Å². The third-order valence-electron chi connectivity index (χ3n) is 9.50. The number of nitrogens with zero attached hydrogens (tertiary/aromatic N) is 2. The Morgan fingerprint density at radius 3 is 1.73 bits per heavy atom. The zero-order valence-electron chi connectivity index (χ0n) is 33.2. The molecule has 55 heavy (non-hydrogen) atoms. The van der Waals surface area contributed by atoms with E-state index in [1.165, 1.54) is 5.56 Å². The van der Waals surface area contributed by atoms with Gasteiger partial charge in [0.15, 0.2) is 0 Å². The summed E-state index contributed by atoms with van der Waals surface area (Å²) in [4.78, 5) is 0. The molecule has 0 N–H and O–H groups in total. The van der Waals surface area contributed by atoms with Crippen molar-refractivity contribution in [1.29, 1.82) is 0 Å². The van der Waals surface area contributed by atoms with Crippen molar-refractivity contribution in [3.63, 3.8) is 0 Å². The SMILES string of the molecule is Cc1ccc(OCCCCc2cc(C)on2)c(-c2cc(OCCOCc3cc(C)on3)c(-c3cc(C)ccc3OCCCCCc3coc(C)c3)cc2C)c1. The lowest BCUT2D eigenvalue weighted by atomic mass is 9.92. The van der Waals surface area contributed by atoms with Gasteiger partial charge in [0, 0.05) is 28.8 Å². The molecule has 0 saturated carbocycles. The maximum absolute atomic E-state index is 6.59. The Kier molecular flexibility index (Phi) is 13.9. The number of ether oxygens (including phenoxy) is 4. The fourth-order valence-electron chi connectivity index (χ4n) is 6.69. The highest BCUT2D eigenvalue weighted by atomic mass is 16.5. The van der Waals surface area contributed by atoms with Gasteiger partial charge in [-0.15, -0.1) is 0 Å². The van der Waals surface area contributed by atoms with Gasteiger partial charge < -0.3 is 32.4 Å². The minimum Gasteiger partial charge on any atom is -0.493 e. The number of hydrogen-bond donors (Lipinski definition) is 0. The van der Waals surface area contributed by atoms with Gasteiger partial charge in [-0.2, -0.15) is 0 Å². The van der Waals surface area contributed by atoms with Gasteiger partial charge in [0.05, 0.1) is 38.4 Å². The van der Waals surface area contributed by atoms with E-state index in [9.17, 15) is 0 Å². The first-order valence-electron chi connectivity index (χ1n) is 19.4. The third-order valence-corrected chi connectivity index (χ3v) is 9.50. The molecule has 0 saturated heterocycles. The monoisotopic (exact) mass is 746 g/mol. The Morgan fingerprint density at radius 1 is 0.491 bits per heavy atom. The van der Waals surface area contributed by atoms with Crippen LogP contribution in [0.5, 0.6) is 17.2 Å². The van der Waals surface area contributed by atoms with Crippen molar-refractivity contribution < 1.29 is 32.4 Å². The summed E-state index contributed by atoms with van der Waals surface area (Å²) in [5.74, 6) is 4.99. The van der Waals surface area contributed by atoms with Crippen LogP contribution in [0.2, 0.25) is 0 Å². The van der Waals surface area contributed by atoms with Gasteiger partial charge in [-0.05, 0) is 146 Å². The van der Waals surface area contributed by atoms with Gasteiger partial charge in [0.25, 0.3) is 0 Å². The van der Waals surface area contributed by atoms with E-state index in [4.69, 9.17) is 32.4 Å². The summed E-state index contributed by atoms with van der Waals surface area (Å²) in [6.07, 6.45) is 8.72. The topological polar surface area (TPSA) is 102 Å². The molecule has 0 radical (unpaired) electrons. The normalized spacial score (nSPS) is 11.3. The molecule has 3 aromatic carbocycles. The first kappa shape index (κ1) is 39.4. The number of aromatic nitrogens is 2. The van der Waals surface area contributed by atoms with Crippen molar-refractivity contribution in [2.24, 2.45) is 0 Å². The number of hydrogen-bond acceptors (Lipinski definition) is 9. The zero-order chi connectivity index (χ0) is 38.6. The van der Waals surface area contributed by atoms with E-state index in [1.54, 1.807) is 0 Å². The molecule has 9 nitrogen and oxygen atoms in total. The van der Waals surface area contributed by atoms with Gasteiger partial charge in [-0.25, -0.2) is 0 Å². The van der Waals surface area contributed by atoms with Crippen molar-refractivity contribution in [3.05, 3.63) is 124 Å². The van der Waals surface area contributed by atoms with E-state index in [2.05, 4.69) is 85.7 Å². The second-order valence-corrected chi connectivity index (χ2v) is 14.5. The standard InChI is InChI=1S/C46H54N2O7/c1-31-14-16-44(51-19-11-9-13-38-26-35(5)54-47-38)41(22-31)40-28-46(52-21-20-49-30-39-27-36(6)55-48-39)43(24-33(40)3)42-23-32(2)15-17-45(42)50-18-10-7-8-12-37-25-34(4)53-29-37/h14-17,22-29H,7-13,18-21,30H2,1-6H3. The molecule has 0 aliphatic rings. The maximum atomic E-state index is 6.59. The van der Waals surface area contributed by atoms with Crippen LogP contribution in [0, 0.1) is 41.5 Å². The summed E-state index contributed by atoms with van der Waals surface area (Å²) in [7, 11) is 0. The molecule has 0 unspecified atom stereocenters. The van der Waals surface area contributed by atoms with E-state index < -0.39 is 0 Å². The van der Waals surface area contributed by atoms with Crippen LogP contribution < -0.4 is 14.2 Å². The van der Waals surface area contributed by atoms with Crippen LogP contribution >= 0.6 is 0 Å². The largest absolute Gasteiger partial charge is 0.493 e. The lowest BCUT2D eigenvalue weighted by molar-refractivity contribution is 0.0854. The molecule has 0 fully saturated rings. The molecule has 6 aromatic rings. The average molecular weight is 747 g/mol. The molecular weight excluding hydrogens is 693 g/mol. The molecule has 3 heterocycles. The molecule has 9 heteroatoms. The van der Waals surface area contributed by atoms with Crippen molar-refractivity contribution in [3.8, 4) is 39.5 Å². The summed E-state index contributed by atoms with van der Waals surface area (Å²) in [6.45, 7) is 14.5.